The molecule has 47 heavy (non-hydrogen) atoms. The van der Waals surface area contributed by atoms with Gasteiger partial charge in [0.05, 0.1) is 18.2 Å². The quantitative estimate of drug-likeness (QED) is 0.154. The lowest BCUT2D eigenvalue weighted by molar-refractivity contribution is 0.0734. The molecule has 2 aromatic carbocycles. The lowest BCUT2D eigenvalue weighted by Crippen LogP contribution is -2.48. The summed E-state index contributed by atoms with van der Waals surface area (Å²) >= 11 is 1.47. The smallest absolute Gasteiger partial charge is 0.263 e. The Morgan fingerprint density at radius 2 is 1.81 bits per heavy atom. The summed E-state index contributed by atoms with van der Waals surface area (Å²) in [6.07, 6.45) is 1.52. The van der Waals surface area contributed by atoms with Crippen molar-refractivity contribution in [2.24, 2.45) is 0 Å². The molecule has 11 heteroatoms. The number of aromatic nitrogens is 2. The molecule has 3 atom stereocenters. The van der Waals surface area contributed by atoms with Gasteiger partial charge in [-0.05, 0) is 67.0 Å². The minimum Gasteiger partial charge on any atom is -0.390 e. The molecule has 1 saturated heterocycles. The fourth-order valence-corrected chi connectivity index (χ4v) is 6.76. The molecule has 0 bridgehead atoms. The Bertz CT molecular complexity index is 1670. The normalized spacial score (nSPS) is 16.1. The standard InChI is InChI=1S/C36H41F2N5O3S/c1-22(2)29-12-25(17-39-19-29)18-40-20-32(44)30(13-24-8-5-4-6-9-24)42-34(45)27-14-26(33(37)38)15-28(16-27)36(46)43-11-7-10-31(43)35-41-23(3)21-47-35/h4-6,8-9,12,14-17,19,21-22,30-33,40,44H,7,10-11,13,18,20H2,1-3H3,(H,42,45). The van der Waals surface area contributed by atoms with Crippen molar-refractivity contribution >= 4 is 23.2 Å². The Labute approximate surface area is 278 Å². The first-order chi connectivity index (χ1) is 22.6. The van der Waals surface area contributed by atoms with E-state index in [1.807, 2.05) is 48.8 Å². The Kier molecular flexibility index (Phi) is 11.4. The zero-order valence-electron chi connectivity index (χ0n) is 26.8. The highest BCUT2D eigenvalue weighted by atomic mass is 32.1. The number of halogens is 2. The molecular formula is C36H41F2N5O3S. The van der Waals surface area contributed by atoms with Gasteiger partial charge in [0.2, 0.25) is 0 Å². The van der Waals surface area contributed by atoms with Crippen LogP contribution in [0.3, 0.4) is 0 Å². The molecule has 2 aromatic heterocycles. The van der Waals surface area contributed by atoms with Crippen LogP contribution in [0, 0.1) is 6.92 Å². The van der Waals surface area contributed by atoms with E-state index in [4.69, 9.17) is 0 Å². The molecule has 3 unspecified atom stereocenters. The summed E-state index contributed by atoms with van der Waals surface area (Å²) in [6.45, 7) is 7.18. The van der Waals surface area contributed by atoms with Gasteiger partial charge < -0.3 is 20.6 Å². The molecule has 0 saturated carbocycles. The van der Waals surface area contributed by atoms with E-state index in [0.717, 1.165) is 52.4 Å². The number of likely N-dealkylation sites (tertiary alicyclic amines) is 1. The van der Waals surface area contributed by atoms with Gasteiger partial charge in [-0.2, -0.15) is 0 Å². The maximum atomic E-state index is 14.1. The van der Waals surface area contributed by atoms with Crippen LogP contribution >= 0.6 is 11.3 Å². The number of nitrogens with one attached hydrogen (secondary N) is 2. The fourth-order valence-electron chi connectivity index (χ4n) is 5.82. The molecule has 0 spiro atoms. The summed E-state index contributed by atoms with van der Waals surface area (Å²) in [5.74, 6) is -0.737. The van der Waals surface area contributed by atoms with Crippen molar-refractivity contribution in [1.82, 2.24) is 25.5 Å². The van der Waals surface area contributed by atoms with Crippen LogP contribution in [0.4, 0.5) is 8.78 Å². The van der Waals surface area contributed by atoms with E-state index in [9.17, 15) is 23.5 Å². The number of alkyl halides is 2. The van der Waals surface area contributed by atoms with Crippen molar-refractivity contribution in [3.05, 3.63) is 116 Å². The summed E-state index contributed by atoms with van der Waals surface area (Å²) in [4.78, 5) is 37.9. The highest BCUT2D eigenvalue weighted by Gasteiger charge is 2.33. The van der Waals surface area contributed by atoms with Crippen LogP contribution in [0.5, 0.6) is 0 Å². The van der Waals surface area contributed by atoms with Gasteiger partial charge in [0.1, 0.15) is 5.01 Å². The Hall–Kier alpha value is -4.06. The SMILES string of the molecule is Cc1csc(C2CCCN2C(=O)c2cc(C(=O)NC(Cc3ccccc3)C(O)CNCc3cncc(C(C)C)c3)cc(C(F)F)c2)n1. The fraction of sp³-hybridized carbons (Fsp3) is 0.389. The topological polar surface area (TPSA) is 107 Å². The third-order valence-electron chi connectivity index (χ3n) is 8.40. The van der Waals surface area contributed by atoms with Gasteiger partial charge >= 0.3 is 0 Å². The number of aliphatic hydroxyl groups is 1. The van der Waals surface area contributed by atoms with Gasteiger partial charge in [-0.15, -0.1) is 11.3 Å². The third-order valence-corrected chi connectivity index (χ3v) is 9.46. The van der Waals surface area contributed by atoms with E-state index in [1.165, 1.54) is 17.4 Å². The second-order valence-electron chi connectivity index (χ2n) is 12.4. The van der Waals surface area contributed by atoms with Gasteiger partial charge in [-0.1, -0.05) is 50.2 Å². The molecule has 2 amide bonds. The lowest BCUT2D eigenvalue weighted by Gasteiger charge is -2.26. The van der Waals surface area contributed by atoms with E-state index >= 15 is 0 Å². The number of benzene rings is 2. The van der Waals surface area contributed by atoms with Gasteiger partial charge in [0.15, 0.2) is 0 Å². The van der Waals surface area contributed by atoms with Gasteiger partial charge in [0, 0.05) is 59.8 Å². The average Bonchev–Trinajstić information content (AvgIpc) is 3.73. The summed E-state index contributed by atoms with van der Waals surface area (Å²) < 4.78 is 28.2. The predicted octanol–water partition coefficient (Wildman–Crippen LogP) is 6.38. The van der Waals surface area contributed by atoms with E-state index in [1.54, 1.807) is 11.1 Å². The molecule has 8 nitrogen and oxygen atoms in total. The Morgan fingerprint density at radius 3 is 2.51 bits per heavy atom. The zero-order valence-corrected chi connectivity index (χ0v) is 27.6. The number of carbonyl (C=O) groups excluding carboxylic acids is 2. The maximum absolute atomic E-state index is 14.1. The summed E-state index contributed by atoms with van der Waals surface area (Å²) in [6, 6.07) is 14.1. The van der Waals surface area contributed by atoms with Crippen molar-refractivity contribution in [2.45, 2.75) is 77.1 Å². The van der Waals surface area contributed by atoms with Gasteiger partial charge in [-0.25, -0.2) is 13.8 Å². The summed E-state index contributed by atoms with van der Waals surface area (Å²) in [5.41, 5.74) is 3.37. The molecule has 3 heterocycles. The largest absolute Gasteiger partial charge is 0.390 e. The van der Waals surface area contributed by atoms with Crippen molar-refractivity contribution in [2.75, 3.05) is 13.1 Å². The van der Waals surface area contributed by atoms with Crippen LogP contribution in [0.1, 0.15) is 98.7 Å². The Morgan fingerprint density at radius 1 is 1.04 bits per heavy atom. The van der Waals surface area contributed by atoms with Crippen LogP contribution < -0.4 is 10.6 Å². The number of hydrogen-bond acceptors (Lipinski definition) is 7. The minimum atomic E-state index is -2.89. The number of nitrogens with zero attached hydrogens (tertiary/aromatic N) is 3. The molecule has 1 aliphatic rings. The molecule has 0 aliphatic carbocycles. The maximum Gasteiger partial charge on any atom is 0.263 e. The Balaban J connectivity index is 1.34. The number of pyridine rings is 1. The number of aryl methyl sites for hydroxylation is 1. The number of aliphatic hydroxyl groups excluding tert-OH is 1. The summed E-state index contributed by atoms with van der Waals surface area (Å²) in [5, 5.41) is 20.1. The molecular weight excluding hydrogens is 620 g/mol. The highest BCUT2D eigenvalue weighted by molar-refractivity contribution is 7.09. The van der Waals surface area contributed by atoms with Crippen LogP contribution in [0.25, 0.3) is 0 Å². The van der Waals surface area contributed by atoms with Crippen LogP contribution in [0.15, 0.2) is 72.4 Å². The third kappa shape index (κ3) is 8.85. The minimum absolute atomic E-state index is 0.0205. The number of carbonyl (C=O) groups is 2. The average molecular weight is 662 g/mol. The van der Waals surface area contributed by atoms with Crippen LogP contribution in [-0.2, 0) is 13.0 Å². The molecule has 4 aromatic rings. The molecule has 248 valence electrons. The highest BCUT2D eigenvalue weighted by Crippen LogP contribution is 2.35. The summed E-state index contributed by atoms with van der Waals surface area (Å²) in [7, 11) is 0. The lowest BCUT2D eigenvalue weighted by atomic mass is 9.99. The predicted molar refractivity (Wildman–Crippen MR) is 179 cm³/mol. The second kappa shape index (κ2) is 15.7. The monoisotopic (exact) mass is 661 g/mol. The zero-order chi connectivity index (χ0) is 33.5. The first-order valence-corrected chi connectivity index (χ1v) is 16.8. The van der Waals surface area contributed by atoms with Gasteiger partial charge in [-0.3, -0.25) is 14.6 Å². The van der Waals surface area contributed by atoms with Crippen molar-refractivity contribution in [1.29, 1.82) is 0 Å². The first kappa shape index (κ1) is 34.3. The van der Waals surface area contributed by atoms with E-state index in [-0.39, 0.29) is 23.7 Å². The van der Waals surface area contributed by atoms with Crippen LogP contribution in [-0.4, -0.2) is 57.0 Å². The van der Waals surface area contributed by atoms with Crippen molar-refractivity contribution < 1.29 is 23.5 Å². The number of rotatable bonds is 13. The number of hydrogen-bond donors (Lipinski definition) is 3. The van der Waals surface area contributed by atoms with E-state index in [2.05, 4.69) is 40.5 Å². The van der Waals surface area contributed by atoms with E-state index < -0.39 is 35.9 Å². The van der Waals surface area contributed by atoms with Crippen molar-refractivity contribution in [3.63, 3.8) is 0 Å². The van der Waals surface area contributed by atoms with E-state index in [0.29, 0.717) is 25.4 Å². The molecule has 0 radical (unpaired) electrons. The number of thiazole rings is 1. The molecule has 1 aliphatic heterocycles. The first-order valence-electron chi connectivity index (χ1n) is 15.9. The molecule has 3 N–H and O–H groups in total. The molecule has 5 rings (SSSR count). The van der Waals surface area contributed by atoms with Gasteiger partial charge in [0.25, 0.3) is 18.2 Å². The molecule has 1 fully saturated rings. The van der Waals surface area contributed by atoms with Crippen LogP contribution in [0.2, 0.25) is 0 Å². The second-order valence-corrected chi connectivity index (χ2v) is 13.3. The number of amides is 2. The van der Waals surface area contributed by atoms with Crippen molar-refractivity contribution in [3.8, 4) is 0 Å².